The largest absolute Gasteiger partial charge is 0.487 e. The minimum atomic E-state index is -3.80. The Kier molecular flexibility index (Phi) is 4.34. The Bertz CT molecular complexity index is 767. The zero-order chi connectivity index (χ0) is 15.6. The van der Waals surface area contributed by atoms with Gasteiger partial charge in [0.1, 0.15) is 17.3 Å². The number of aryl methyl sites for hydroxylation is 3. The van der Waals surface area contributed by atoms with Crippen molar-refractivity contribution in [2.75, 3.05) is 0 Å². The van der Waals surface area contributed by atoms with Crippen LogP contribution in [0.3, 0.4) is 0 Å². The highest BCUT2D eigenvalue weighted by Gasteiger charge is 2.15. The summed E-state index contributed by atoms with van der Waals surface area (Å²) >= 11 is 0. The number of sulfonamides is 1. The second-order valence-corrected chi connectivity index (χ2v) is 6.74. The molecule has 0 amide bonds. The van der Waals surface area contributed by atoms with Crippen LogP contribution >= 0.6 is 0 Å². The lowest BCUT2D eigenvalue weighted by Crippen LogP contribution is -2.14. The molecule has 0 fully saturated rings. The van der Waals surface area contributed by atoms with Gasteiger partial charge in [-0.15, -0.1) is 0 Å². The summed E-state index contributed by atoms with van der Waals surface area (Å²) < 4.78 is 29.0. The van der Waals surface area contributed by atoms with Gasteiger partial charge in [0, 0.05) is 0 Å². The predicted octanol–water partition coefficient (Wildman–Crippen LogP) is 2.84. The molecule has 0 heterocycles. The highest BCUT2D eigenvalue weighted by molar-refractivity contribution is 7.89. The first kappa shape index (κ1) is 15.5. The fourth-order valence-electron chi connectivity index (χ4n) is 2.07. The number of hydrogen-bond donors (Lipinski definition) is 1. The summed E-state index contributed by atoms with van der Waals surface area (Å²) in [7, 11) is -3.80. The van der Waals surface area contributed by atoms with E-state index in [-0.39, 0.29) is 10.6 Å². The maximum atomic E-state index is 11.6. The quantitative estimate of drug-likeness (QED) is 0.944. The summed E-state index contributed by atoms with van der Waals surface area (Å²) in [4.78, 5) is 0.0211. The van der Waals surface area contributed by atoms with E-state index in [4.69, 9.17) is 9.88 Å². The van der Waals surface area contributed by atoms with Crippen molar-refractivity contribution in [2.24, 2.45) is 5.14 Å². The van der Waals surface area contributed by atoms with Gasteiger partial charge in [0.15, 0.2) is 0 Å². The zero-order valence-corrected chi connectivity index (χ0v) is 13.2. The lowest BCUT2D eigenvalue weighted by atomic mass is 10.1. The molecule has 5 heteroatoms. The first-order valence-corrected chi connectivity index (χ1v) is 8.14. The van der Waals surface area contributed by atoms with Crippen LogP contribution in [0.5, 0.6) is 5.75 Å². The SMILES string of the molecule is Cc1ccc(C)c(COc2ccc(C)cc2S(N)(=O)=O)c1. The third-order valence-electron chi connectivity index (χ3n) is 3.29. The first-order valence-electron chi connectivity index (χ1n) is 6.60. The standard InChI is InChI=1S/C16H19NO3S/c1-11-4-6-13(3)14(8-11)10-20-15-7-5-12(2)9-16(15)21(17,18)19/h4-9H,10H2,1-3H3,(H2,17,18,19). The van der Waals surface area contributed by atoms with E-state index in [2.05, 4.69) is 0 Å². The summed E-state index contributed by atoms with van der Waals surface area (Å²) in [6, 6.07) is 11.0. The van der Waals surface area contributed by atoms with E-state index in [9.17, 15) is 8.42 Å². The monoisotopic (exact) mass is 305 g/mol. The Morgan fingerprint density at radius 3 is 2.29 bits per heavy atom. The van der Waals surface area contributed by atoms with Crippen molar-refractivity contribution < 1.29 is 13.2 Å². The van der Waals surface area contributed by atoms with E-state index in [0.717, 1.165) is 22.3 Å². The summed E-state index contributed by atoms with van der Waals surface area (Å²) in [5.74, 6) is 0.281. The number of rotatable bonds is 4. The minimum absolute atomic E-state index is 0.0211. The van der Waals surface area contributed by atoms with Gasteiger partial charge in [-0.05, 0) is 49.6 Å². The lowest BCUT2D eigenvalue weighted by Gasteiger charge is -2.13. The van der Waals surface area contributed by atoms with Gasteiger partial charge >= 0.3 is 0 Å². The van der Waals surface area contributed by atoms with Crippen LogP contribution in [0.2, 0.25) is 0 Å². The normalized spacial score (nSPS) is 11.4. The fourth-order valence-corrected chi connectivity index (χ4v) is 2.83. The average Bonchev–Trinajstić information content (AvgIpc) is 2.40. The fraction of sp³-hybridized carbons (Fsp3) is 0.250. The molecule has 0 aliphatic heterocycles. The molecule has 2 aromatic rings. The Morgan fingerprint density at radius 2 is 1.62 bits per heavy atom. The summed E-state index contributed by atoms with van der Waals surface area (Å²) in [6.45, 7) is 6.11. The second kappa shape index (κ2) is 5.87. The Balaban J connectivity index is 2.30. The van der Waals surface area contributed by atoms with E-state index in [1.54, 1.807) is 12.1 Å². The molecule has 0 radical (unpaired) electrons. The average molecular weight is 305 g/mol. The highest BCUT2D eigenvalue weighted by atomic mass is 32.2. The van der Waals surface area contributed by atoms with E-state index < -0.39 is 10.0 Å². The number of nitrogens with two attached hydrogens (primary N) is 1. The van der Waals surface area contributed by atoms with Crippen LogP contribution in [0.15, 0.2) is 41.3 Å². The first-order chi connectivity index (χ1) is 9.77. The molecule has 0 aliphatic carbocycles. The zero-order valence-electron chi connectivity index (χ0n) is 12.4. The van der Waals surface area contributed by atoms with Gasteiger partial charge in [0.05, 0.1) is 0 Å². The Morgan fingerprint density at radius 1 is 1.00 bits per heavy atom. The molecule has 0 aromatic heterocycles. The van der Waals surface area contributed by atoms with Crippen molar-refractivity contribution in [1.82, 2.24) is 0 Å². The molecule has 2 rings (SSSR count). The number of primary sulfonamides is 1. The topological polar surface area (TPSA) is 69.4 Å². The molecule has 21 heavy (non-hydrogen) atoms. The van der Waals surface area contributed by atoms with Crippen molar-refractivity contribution in [3.8, 4) is 5.75 Å². The molecular weight excluding hydrogens is 286 g/mol. The molecule has 0 spiro atoms. The number of benzene rings is 2. The van der Waals surface area contributed by atoms with Crippen LogP contribution in [0, 0.1) is 20.8 Å². The highest BCUT2D eigenvalue weighted by Crippen LogP contribution is 2.25. The molecule has 0 unspecified atom stereocenters. The molecule has 0 atom stereocenters. The summed E-state index contributed by atoms with van der Waals surface area (Å²) in [5, 5.41) is 5.24. The van der Waals surface area contributed by atoms with Crippen LogP contribution in [0.1, 0.15) is 22.3 Å². The van der Waals surface area contributed by atoms with Gasteiger partial charge in [-0.1, -0.05) is 29.8 Å². The van der Waals surface area contributed by atoms with Crippen molar-refractivity contribution in [1.29, 1.82) is 0 Å². The summed E-state index contributed by atoms with van der Waals surface area (Å²) in [6.07, 6.45) is 0. The molecule has 0 bridgehead atoms. The molecule has 0 aliphatic rings. The molecule has 112 valence electrons. The van der Waals surface area contributed by atoms with Gasteiger partial charge in [0.25, 0.3) is 0 Å². The maximum Gasteiger partial charge on any atom is 0.241 e. The van der Waals surface area contributed by atoms with Crippen LogP contribution in [-0.4, -0.2) is 8.42 Å². The number of ether oxygens (including phenoxy) is 1. The van der Waals surface area contributed by atoms with E-state index in [1.807, 2.05) is 39.0 Å². The minimum Gasteiger partial charge on any atom is -0.487 e. The second-order valence-electron chi connectivity index (χ2n) is 5.21. The van der Waals surface area contributed by atoms with Crippen molar-refractivity contribution >= 4 is 10.0 Å². The van der Waals surface area contributed by atoms with Crippen molar-refractivity contribution in [3.63, 3.8) is 0 Å². The molecular formula is C16H19NO3S. The third kappa shape index (κ3) is 3.83. The Hall–Kier alpha value is -1.85. The maximum absolute atomic E-state index is 11.6. The van der Waals surface area contributed by atoms with Crippen LogP contribution in [0.4, 0.5) is 0 Å². The predicted molar refractivity (Wildman–Crippen MR) is 82.8 cm³/mol. The van der Waals surface area contributed by atoms with Crippen LogP contribution in [0.25, 0.3) is 0 Å². The molecule has 0 saturated carbocycles. The molecule has 0 saturated heterocycles. The number of hydrogen-bond acceptors (Lipinski definition) is 3. The molecule has 2 N–H and O–H groups in total. The van der Waals surface area contributed by atoms with Gasteiger partial charge in [-0.25, -0.2) is 13.6 Å². The van der Waals surface area contributed by atoms with Crippen molar-refractivity contribution in [3.05, 3.63) is 58.7 Å². The van der Waals surface area contributed by atoms with Gasteiger partial charge in [0.2, 0.25) is 10.0 Å². The molecule has 4 nitrogen and oxygen atoms in total. The molecule has 2 aromatic carbocycles. The van der Waals surface area contributed by atoms with Gasteiger partial charge in [-0.3, -0.25) is 0 Å². The lowest BCUT2D eigenvalue weighted by molar-refractivity contribution is 0.297. The summed E-state index contributed by atoms with van der Waals surface area (Å²) in [5.41, 5.74) is 4.08. The Labute approximate surface area is 125 Å². The van der Waals surface area contributed by atoms with Crippen molar-refractivity contribution in [2.45, 2.75) is 32.3 Å². The van der Waals surface area contributed by atoms with Crippen LogP contribution in [-0.2, 0) is 16.6 Å². The van der Waals surface area contributed by atoms with Gasteiger partial charge < -0.3 is 4.74 Å². The van der Waals surface area contributed by atoms with Crippen LogP contribution < -0.4 is 9.88 Å². The third-order valence-corrected chi connectivity index (χ3v) is 4.23. The van der Waals surface area contributed by atoms with Gasteiger partial charge in [-0.2, -0.15) is 0 Å². The van der Waals surface area contributed by atoms with E-state index >= 15 is 0 Å². The van der Waals surface area contributed by atoms with E-state index in [1.165, 1.54) is 6.07 Å². The smallest absolute Gasteiger partial charge is 0.241 e. The van der Waals surface area contributed by atoms with E-state index in [0.29, 0.717) is 6.61 Å².